The molecule has 2 rings (SSSR count). The molecular formula is C12H15NO4. The maximum Gasteiger partial charge on any atom is 0.231 e. The van der Waals surface area contributed by atoms with Gasteiger partial charge in [0, 0.05) is 13.5 Å². The van der Waals surface area contributed by atoms with Crippen LogP contribution in [0.3, 0.4) is 0 Å². The number of hydrogen-bond donors (Lipinski definition) is 2. The molecule has 1 aliphatic heterocycles. The van der Waals surface area contributed by atoms with Crippen LogP contribution in [0, 0.1) is 0 Å². The van der Waals surface area contributed by atoms with E-state index in [1.165, 1.54) is 6.92 Å². The number of aliphatic hydroxyl groups excluding tert-OH is 1. The van der Waals surface area contributed by atoms with Crippen molar-refractivity contribution in [2.24, 2.45) is 0 Å². The zero-order valence-electron chi connectivity index (χ0n) is 9.60. The monoisotopic (exact) mass is 237 g/mol. The highest BCUT2D eigenvalue weighted by atomic mass is 16.7. The van der Waals surface area contributed by atoms with Crippen molar-refractivity contribution in [1.29, 1.82) is 0 Å². The van der Waals surface area contributed by atoms with Crippen molar-refractivity contribution in [2.45, 2.75) is 19.4 Å². The Bertz CT molecular complexity index is 419. The number of benzene rings is 1. The van der Waals surface area contributed by atoms with E-state index in [0.717, 1.165) is 5.56 Å². The fraction of sp³-hybridized carbons (Fsp3) is 0.417. The molecule has 1 atom stereocenters. The molecule has 17 heavy (non-hydrogen) atoms. The third-order valence-electron chi connectivity index (χ3n) is 2.57. The summed E-state index contributed by atoms with van der Waals surface area (Å²) >= 11 is 0. The summed E-state index contributed by atoms with van der Waals surface area (Å²) in [5, 5.41) is 12.6. The van der Waals surface area contributed by atoms with Crippen molar-refractivity contribution in [2.75, 3.05) is 13.3 Å². The van der Waals surface area contributed by atoms with Crippen LogP contribution in [-0.4, -0.2) is 24.4 Å². The lowest BCUT2D eigenvalue weighted by molar-refractivity contribution is -0.119. The first kappa shape index (κ1) is 11.7. The summed E-state index contributed by atoms with van der Waals surface area (Å²) in [6.07, 6.45) is -0.143. The Hall–Kier alpha value is -1.75. The number of carbonyl (C=O) groups is 1. The highest BCUT2D eigenvalue weighted by Crippen LogP contribution is 2.34. The Labute approximate surface area is 99.3 Å². The van der Waals surface area contributed by atoms with E-state index >= 15 is 0 Å². The van der Waals surface area contributed by atoms with Gasteiger partial charge in [-0.3, -0.25) is 4.79 Å². The van der Waals surface area contributed by atoms with Crippen LogP contribution in [0.2, 0.25) is 0 Å². The van der Waals surface area contributed by atoms with Crippen LogP contribution in [0.15, 0.2) is 18.2 Å². The summed E-state index contributed by atoms with van der Waals surface area (Å²) in [5.41, 5.74) is 0.764. The molecule has 5 heteroatoms. The van der Waals surface area contributed by atoms with Crippen molar-refractivity contribution >= 4 is 5.91 Å². The van der Waals surface area contributed by atoms with Gasteiger partial charge in [-0.25, -0.2) is 0 Å². The zero-order valence-corrected chi connectivity index (χ0v) is 9.60. The molecule has 1 unspecified atom stereocenters. The Kier molecular flexibility index (Phi) is 3.49. The zero-order chi connectivity index (χ0) is 12.3. The van der Waals surface area contributed by atoms with Gasteiger partial charge in [-0.15, -0.1) is 0 Å². The molecule has 0 aromatic heterocycles. The molecule has 0 aliphatic carbocycles. The van der Waals surface area contributed by atoms with E-state index < -0.39 is 6.10 Å². The van der Waals surface area contributed by atoms with Crippen LogP contribution in [0.4, 0.5) is 0 Å². The van der Waals surface area contributed by atoms with E-state index in [1.807, 2.05) is 0 Å². The molecule has 1 heterocycles. The highest BCUT2D eigenvalue weighted by molar-refractivity contribution is 5.72. The topological polar surface area (TPSA) is 67.8 Å². The van der Waals surface area contributed by atoms with Gasteiger partial charge in [0.15, 0.2) is 11.5 Å². The van der Waals surface area contributed by atoms with Crippen molar-refractivity contribution in [3.05, 3.63) is 23.8 Å². The van der Waals surface area contributed by atoms with Gasteiger partial charge in [-0.2, -0.15) is 0 Å². The second-order valence-corrected chi connectivity index (χ2v) is 3.90. The van der Waals surface area contributed by atoms with Gasteiger partial charge in [0.1, 0.15) is 0 Å². The van der Waals surface area contributed by atoms with E-state index in [-0.39, 0.29) is 12.7 Å². The molecule has 0 spiro atoms. The molecule has 1 aliphatic rings. The fourth-order valence-corrected chi connectivity index (χ4v) is 1.67. The van der Waals surface area contributed by atoms with Gasteiger partial charge in [0.05, 0.1) is 6.10 Å². The minimum absolute atomic E-state index is 0.0945. The van der Waals surface area contributed by atoms with Gasteiger partial charge >= 0.3 is 0 Å². The third-order valence-corrected chi connectivity index (χ3v) is 2.57. The van der Waals surface area contributed by atoms with Crippen LogP contribution in [0.1, 0.15) is 25.0 Å². The molecule has 92 valence electrons. The molecule has 0 bridgehead atoms. The second kappa shape index (κ2) is 5.05. The van der Waals surface area contributed by atoms with E-state index in [4.69, 9.17) is 9.47 Å². The number of aliphatic hydroxyl groups is 1. The molecule has 0 saturated carbocycles. The van der Waals surface area contributed by atoms with Crippen molar-refractivity contribution in [3.8, 4) is 11.5 Å². The number of rotatable bonds is 4. The van der Waals surface area contributed by atoms with Gasteiger partial charge in [0.2, 0.25) is 12.7 Å². The lowest BCUT2D eigenvalue weighted by Crippen LogP contribution is -2.22. The number of carbonyl (C=O) groups excluding carboxylic acids is 1. The smallest absolute Gasteiger partial charge is 0.231 e. The minimum atomic E-state index is -0.614. The molecule has 0 fully saturated rings. The Balaban J connectivity index is 1.95. The molecule has 0 radical (unpaired) electrons. The number of nitrogens with one attached hydrogen (secondary N) is 1. The molecule has 1 aromatic rings. The summed E-state index contributed by atoms with van der Waals surface area (Å²) in [6, 6.07) is 5.34. The van der Waals surface area contributed by atoms with Crippen molar-refractivity contribution in [3.63, 3.8) is 0 Å². The predicted molar refractivity (Wildman–Crippen MR) is 60.8 cm³/mol. The summed E-state index contributed by atoms with van der Waals surface area (Å²) in [7, 11) is 0. The van der Waals surface area contributed by atoms with Crippen LogP contribution in [-0.2, 0) is 4.79 Å². The van der Waals surface area contributed by atoms with E-state index in [0.29, 0.717) is 24.5 Å². The highest BCUT2D eigenvalue weighted by Gasteiger charge is 2.16. The van der Waals surface area contributed by atoms with Crippen LogP contribution in [0.25, 0.3) is 0 Å². The lowest BCUT2D eigenvalue weighted by atomic mass is 10.1. The second-order valence-electron chi connectivity index (χ2n) is 3.90. The summed E-state index contributed by atoms with van der Waals surface area (Å²) in [4.78, 5) is 10.7. The predicted octanol–water partition coefficient (Wildman–Crippen LogP) is 0.975. The molecule has 1 aromatic carbocycles. The third kappa shape index (κ3) is 2.88. The largest absolute Gasteiger partial charge is 0.454 e. The maximum atomic E-state index is 10.7. The van der Waals surface area contributed by atoms with Gasteiger partial charge in [-0.05, 0) is 24.1 Å². The van der Waals surface area contributed by atoms with Crippen LogP contribution >= 0.6 is 0 Å². The number of fused-ring (bicyclic) bond motifs is 1. The summed E-state index contributed by atoms with van der Waals surface area (Å²) in [5.74, 6) is 1.26. The van der Waals surface area contributed by atoms with Gasteiger partial charge < -0.3 is 19.9 Å². The summed E-state index contributed by atoms with van der Waals surface area (Å²) < 4.78 is 10.4. The number of ether oxygens (including phenoxy) is 2. The quantitative estimate of drug-likeness (QED) is 0.819. The lowest BCUT2D eigenvalue weighted by Gasteiger charge is -2.11. The number of hydrogen-bond acceptors (Lipinski definition) is 4. The first-order valence-corrected chi connectivity index (χ1v) is 5.49. The summed E-state index contributed by atoms with van der Waals surface area (Å²) in [6.45, 7) is 2.12. The SMILES string of the molecule is CC(=O)NCCC(O)c1ccc2c(c1)OCO2. The molecule has 2 N–H and O–H groups in total. The maximum absolute atomic E-state index is 10.7. The molecule has 1 amide bonds. The first-order valence-electron chi connectivity index (χ1n) is 5.49. The van der Waals surface area contributed by atoms with Crippen molar-refractivity contribution in [1.82, 2.24) is 5.32 Å². The van der Waals surface area contributed by atoms with E-state index in [1.54, 1.807) is 18.2 Å². The minimum Gasteiger partial charge on any atom is -0.454 e. The molecule has 5 nitrogen and oxygen atoms in total. The molecular weight excluding hydrogens is 222 g/mol. The Morgan fingerprint density at radius 3 is 3.00 bits per heavy atom. The van der Waals surface area contributed by atoms with Crippen molar-refractivity contribution < 1.29 is 19.4 Å². The van der Waals surface area contributed by atoms with E-state index in [9.17, 15) is 9.90 Å². The average molecular weight is 237 g/mol. The van der Waals surface area contributed by atoms with Gasteiger partial charge in [0.25, 0.3) is 0 Å². The Morgan fingerprint density at radius 1 is 1.47 bits per heavy atom. The van der Waals surface area contributed by atoms with Crippen LogP contribution in [0.5, 0.6) is 11.5 Å². The molecule has 0 saturated heterocycles. The van der Waals surface area contributed by atoms with Gasteiger partial charge in [-0.1, -0.05) is 6.07 Å². The fourth-order valence-electron chi connectivity index (χ4n) is 1.67. The number of amides is 1. The van der Waals surface area contributed by atoms with E-state index in [2.05, 4.69) is 5.32 Å². The first-order chi connectivity index (χ1) is 8.16. The average Bonchev–Trinajstić information content (AvgIpc) is 2.75. The van der Waals surface area contributed by atoms with Crippen LogP contribution < -0.4 is 14.8 Å². The normalized spacial score (nSPS) is 14.5. The Morgan fingerprint density at radius 2 is 2.24 bits per heavy atom. The standard InChI is InChI=1S/C12H15NO4/c1-8(14)13-5-4-10(15)9-2-3-11-12(6-9)17-7-16-11/h2-3,6,10,15H,4-5,7H2,1H3,(H,13,14).